The highest BCUT2D eigenvalue weighted by Gasteiger charge is 2.32. The number of fused-ring (bicyclic) bond motifs is 1. The highest BCUT2D eigenvalue weighted by molar-refractivity contribution is 6.30. The largest absolute Gasteiger partial charge is 0.492 e. The van der Waals surface area contributed by atoms with E-state index in [1.807, 2.05) is 22.5 Å². The van der Waals surface area contributed by atoms with Crippen LogP contribution in [0.5, 0.6) is 5.75 Å². The Hall–Kier alpha value is -3.59. The molecule has 1 amide bonds. The number of aryl methyl sites for hydroxylation is 1. The molecule has 10 heteroatoms. The predicted molar refractivity (Wildman–Crippen MR) is 148 cm³/mol. The number of hydrogen-bond donors (Lipinski definition) is 2. The Labute approximate surface area is 230 Å². The molecule has 206 valence electrons. The number of nitrogens with one attached hydrogen (secondary N) is 1. The fourth-order valence-electron chi connectivity index (χ4n) is 5.47. The van der Waals surface area contributed by atoms with Crippen molar-refractivity contribution in [2.45, 2.75) is 51.6 Å². The van der Waals surface area contributed by atoms with E-state index in [9.17, 15) is 14.4 Å². The molecule has 0 bridgehead atoms. The van der Waals surface area contributed by atoms with E-state index in [0.717, 1.165) is 24.0 Å². The zero-order chi connectivity index (χ0) is 27.8. The number of halogens is 2. The Morgan fingerprint density at radius 2 is 1.90 bits per heavy atom. The predicted octanol–water partition coefficient (Wildman–Crippen LogP) is 5.07. The lowest BCUT2D eigenvalue weighted by molar-refractivity contribution is -0.138. The summed E-state index contributed by atoms with van der Waals surface area (Å²) in [6.45, 7) is 3.08. The second-order valence-electron chi connectivity index (χ2n) is 10.4. The summed E-state index contributed by atoms with van der Waals surface area (Å²) in [5, 5.41) is 12.6. The van der Waals surface area contributed by atoms with Gasteiger partial charge < -0.3 is 24.6 Å². The van der Waals surface area contributed by atoms with Crippen LogP contribution in [0.25, 0.3) is 10.9 Å². The molecule has 0 spiro atoms. The SMILES string of the molecule is COc1c(N2CCC(CC(=O)O)CC2)c(F)cc2c(=O)c(C(=O)NCc3ccc(Cl)cc3C)cn(C3CC3)c12. The molecular formula is C29H31ClFN3O5. The first-order chi connectivity index (χ1) is 18.7. The molecule has 3 aromatic rings. The highest BCUT2D eigenvalue weighted by atomic mass is 35.5. The van der Waals surface area contributed by atoms with Crippen LogP contribution < -0.4 is 20.4 Å². The molecule has 1 saturated heterocycles. The normalized spacial score (nSPS) is 15.9. The molecule has 0 unspecified atom stereocenters. The summed E-state index contributed by atoms with van der Waals surface area (Å²) in [7, 11) is 1.45. The number of carbonyl (C=O) groups excluding carboxylic acids is 1. The summed E-state index contributed by atoms with van der Waals surface area (Å²) in [5.74, 6) is -1.68. The average Bonchev–Trinajstić information content (AvgIpc) is 3.73. The van der Waals surface area contributed by atoms with Crippen molar-refractivity contribution in [3.8, 4) is 5.75 Å². The van der Waals surface area contributed by atoms with Gasteiger partial charge in [0.25, 0.3) is 5.91 Å². The minimum atomic E-state index is -0.834. The van der Waals surface area contributed by atoms with E-state index >= 15 is 4.39 Å². The molecule has 1 aromatic heterocycles. The molecule has 2 fully saturated rings. The van der Waals surface area contributed by atoms with Gasteiger partial charge in [0.2, 0.25) is 5.43 Å². The number of carboxylic acids is 1. The lowest BCUT2D eigenvalue weighted by Gasteiger charge is -2.34. The van der Waals surface area contributed by atoms with Gasteiger partial charge in [0.1, 0.15) is 11.3 Å². The molecular weight excluding hydrogens is 525 g/mol. The van der Waals surface area contributed by atoms with Gasteiger partial charge >= 0.3 is 5.97 Å². The number of piperidine rings is 1. The minimum Gasteiger partial charge on any atom is -0.492 e. The van der Waals surface area contributed by atoms with Crippen LogP contribution in [0.1, 0.15) is 59.6 Å². The van der Waals surface area contributed by atoms with Gasteiger partial charge in [-0.15, -0.1) is 0 Å². The molecule has 2 N–H and O–H groups in total. The number of hydrogen-bond acceptors (Lipinski definition) is 5. The minimum absolute atomic E-state index is 0.0376. The number of methoxy groups -OCH3 is 1. The van der Waals surface area contributed by atoms with Crippen molar-refractivity contribution in [3.05, 3.63) is 68.2 Å². The zero-order valence-corrected chi connectivity index (χ0v) is 22.7. The van der Waals surface area contributed by atoms with E-state index in [1.165, 1.54) is 13.2 Å². The zero-order valence-electron chi connectivity index (χ0n) is 21.9. The van der Waals surface area contributed by atoms with E-state index in [4.69, 9.17) is 21.4 Å². The number of benzene rings is 2. The first kappa shape index (κ1) is 27.0. The first-order valence-electron chi connectivity index (χ1n) is 13.1. The average molecular weight is 556 g/mol. The number of aromatic nitrogens is 1. The third-order valence-corrected chi connectivity index (χ3v) is 7.96. The molecule has 2 aliphatic rings. The molecule has 8 nitrogen and oxygen atoms in total. The summed E-state index contributed by atoms with van der Waals surface area (Å²) in [5.41, 5.74) is 1.92. The van der Waals surface area contributed by atoms with Crippen LogP contribution in [0, 0.1) is 18.7 Å². The van der Waals surface area contributed by atoms with Crippen molar-refractivity contribution >= 4 is 40.1 Å². The third kappa shape index (κ3) is 5.45. The molecule has 2 heterocycles. The quantitative estimate of drug-likeness (QED) is 0.403. The summed E-state index contributed by atoms with van der Waals surface area (Å²) >= 11 is 6.03. The van der Waals surface area contributed by atoms with Crippen LogP contribution in [0.2, 0.25) is 5.02 Å². The van der Waals surface area contributed by atoms with Crippen molar-refractivity contribution in [1.82, 2.24) is 9.88 Å². The Morgan fingerprint density at radius 3 is 2.51 bits per heavy atom. The number of carboxylic acid groups (broad SMARTS) is 1. The monoisotopic (exact) mass is 555 g/mol. The van der Waals surface area contributed by atoms with E-state index in [-0.39, 0.29) is 47.3 Å². The Morgan fingerprint density at radius 1 is 1.18 bits per heavy atom. The first-order valence-corrected chi connectivity index (χ1v) is 13.5. The number of aliphatic carboxylic acids is 1. The van der Waals surface area contributed by atoms with Crippen LogP contribution in [0.4, 0.5) is 10.1 Å². The smallest absolute Gasteiger partial charge is 0.303 e. The summed E-state index contributed by atoms with van der Waals surface area (Å²) in [4.78, 5) is 39.7. The van der Waals surface area contributed by atoms with Gasteiger partial charge in [-0.25, -0.2) is 4.39 Å². The number of rotatable bonds is 8. The fourth-order valence-corrected chi connectivity index (χ4v) is 5.70. The molecule has 5 rings (SSSR count). The topological polar surface area (TPSA) is 101 Å². The maximum Gasteiger partial charge on any atom is 0.303 e. The van der Waals surface area contributed by atoms with Crippen LogP contribution in [-0.4, -0.2) is 41.7 Å². The molecule has 2 aromatic carbocycles. The van der Waals surface area contributed by atoms with Crippen molar-refractivity contribution in [1.29, 1.82) is 0 Å². The van der Waals surface area contributed by atoms with E-state index in [2.05, 4.69) is 5.32 Å². The molecule has 1 aliphatic carbocycles. The molecule has 39 heavy (non-hydrogen) atoms. The van der Waals surface area contributed by atoms with Crippen molar-refractivity contribution in [2.75, 3.05) is 25.1 Å². The van der Waals surface area contributed by atoms with Crippen LogP contribution >= 0.6 is 11.6 Å². The van der Waals surface area contributed by atoms with Crippen molar-refractivity contribution in [3.63, 3.8) is 0 Å². The number of ether oxygens (including phenoxy) is 1. The fraction of sp³-hybridized carbons (Fsp3) is 0.414. The number of carbonyl (C=O) groups is 2. The van der Waals surface area contributed by atoms with Gasteiger partial charge in [0, 0.05) is 43.3 Å². The van der Waals surface area contributed by atoms with E-state index < -0.39 is 23.1 Å². The summed E-state index contributed by atoms with van der Waals surface area (Å²) < 4.78 is 23.3. The summed E-state index contributed by atoms with van der Waals surface area (Å²) in [6, 6.07) is 6.66. The second-order valence-corrected chi connectivity index (χ2v) is 10.9. The van der Waals surface area contributed by atoms with E-state index in [1.54, 1.807) is 18.3 Å². The molecule has 1 aliphatic heterocycles. The maximum absolute atomic E-state index is 15.7. The number of pyridine rings is 1. The Balaban J connectivity index is 1.51. The molecule has 1 saturated carbocycles. The second kappa shape index (κ2) is 10.9. The lowest BCUT2D eigenvalue weighted by atomic mass is 9.93. The van der Waals surface area contributed by atoms with Crippen LogP contribution in [-0.2, 0) is 11.3 Å². The summed E-state index contributed by atoms with van der Waals surface area (Å²) in [6.07, 6.45) is 4.65. The van der Waals surface area contributed by atoms with Crippen molar-refractivity contribution in [2.24, 2.45) is 5.92 Å². The van der Waals surface area contributed by atoms with Crippen LogP contribution in [0.3, 0.4) is 0 Å². The van der Waals surface area contributed by atoms with Gasteiger partial charge in [-0.05, 0) is 67.9 Å². The van der Waals surface area contributed by atoms with Crippen molar-refractivity contribution < 1.29 is 23.8 Å². The van der Waals surface area contributed by atoms with Gasteiger partial charge in [-0.3, -0.25) is 14.4 Å². The molecule has 0 atom stereocenters. The number of amides is 1. The van der Waals surface area contributed by atoms with Gasteiger partial charge in [0.15, 0.2) is 11.6 Å². The Kier molecular flexibility index (Phi) is 7.53. The number of anilines is 1. The molecule has 0 radical (unpaired) electrons. The van der Waals surface area contributed by atoms with Gasteiger partial charge in [0.05, 0.1) is 18.0 Å². The number of nitrogens with zero attached hydrogens (tertiary/aromatic N) is 2. The van der Waals surface area contributed by atoms with Crippen LogP contribution in [0.15, 0.2) is 35.3 Å². The van der Waals surface area contributed by atoms with E-state index in [0.29, 0.717) is 36.5 Å². The van der Waals surface area contributed by atoms with Gasteiger partial charge in [-0.1, -0.05) is 17.7 Å². The highest BCUT2D eigenvalue weighted by Crippen LogP contribution is 2.44. The standard InChI is InChI=1S/C29H31ClFN3O5/c1-16-11-19(30)4-3-18(16)14-32-29(38)22-15-34(20-5-6-20)25-21(27(22)37)13-23(31)26(28(25)39-2)33-9-7-17(8-10-33)12-24(35)36/h3-4,11,13,15,17,20H,5-10,12,14H2,1-2H3,(H,32,38)(H,35,36). The maximum atomic E-state index is 15.7. The van der Waals surface area contributed by atoms with Gasteiger partial charge in [-0.2, -0.15) is 0 Å². The third-order valence-electron chi connectivity index (χ3n) is 7.73. The Bertz CT molecular complexity index is 1510. The lowest BCUT2D eigenvalue weighted by Crippen LogP contribution is -2.35.